The van der Waals surface area contributed by atoms with E-state index in [0.717, 1.165) is 43.4 Å². The van der Waals surface area contributed by atoms with Gasteiger partial charge in [-0.05, 0) is 42.8 Å². The molecule has 1 spiro atoms. The summed E-state index contributed by atoms with van der Waals surface area (Å²) in [6, 6.07) is 9.23. The summed E-state index contributed by atoms with van der Waals surface area (Å²) in [4.78, 5) is 47.0. The number of imide groups is 1. The van der Waals surface area contributed by atoms with E-state index < -0.39 is 11.6 Å². The number of rotatable bonds is 4. The van der Waals surface area contributed by atoms with E-state index in [0.29, 0.717) is 13.0 Å². The Labute approximate surface area is 181 Å². The lowest BCUT2D eigenvalue weighted by Crippen LogP contribution is -2.46. The number of urea groups is 1. The van der Waals surface area contributed by atoms with E-state index in [1.165, 1.54) is 16.2 Å². The van der Waals surface area contributed by atoms with Gasteiger partial charge in [-0.1, -0.05) is 12.1 Å². The van der Waals surface area contributed by atoms with E-state index >= 15 is 0 Å². The molecule has 0 bridgehead atoms. The highest BCUT2D eigenvalue weighted by molar-refractivity contribution is 7.18. The Hall–Kier alpha value is -2.78. The van der Waals surface area contributed by atoms with Crippen LogP contribution in [-0.2, 0) is 28.1 Å². The Morgan fingerprint density at radius 3 is 2.97 bits per heavy atom. The van der Waals surface area contributed by atoms with E-state index in [-0.39, 0.29) is 18.4 Å². The summed E-state index contributed by atoms with van der Waals surface area (Å²) in [5.41, 5.74) is 0.768. The van der Waals surface area contributed by atoms with Gasteiger partial charge in [0.25, 0.3) is 5.91 Å². The molecule has 9 heteroatoms. The van der Waals surface area contributed by atoms with Crippen molar-refractivity contribution >= 4 is 50.7 Å². The molecular weight excluding hydrogens is 420 g/mol. The van der Waals surface area contributed by atoms with Gasteiger partial charge in [-0.3, -0.25) is 14.5 Å². The first-order chi connectivity index (χ1) is 14.5. The van der Waals surface area contributed by atoms with Crippen molar-refractivity contribution in [2.75, 3.05) is 13.6 Å². The number of para-hydroxylation sites is 1. The van der Waals surface area contributed by atoms with E-state index in [1.807, 2.05) is 35.7 Å². The van der Waals surface area contributed by atoms with Crippen molar-refractivity contribution in [2.24, 2.45) is 0 Å². The van der Waals surface area contributed by atoms with Gasteiger partial charge < -0.3 is 10.2 Å². The zero-order valence-electron chi connectivity index (χ0n) is 16.4. The number of aromatic nitrogens is 1. The number of carbonyl (C=O) groups is 3. The van der Waals surface area contributed by atoms with Crippen molar-refractivity contribution in [1.82, 2.24) is 20.1 Å². The Balaban J connectivity index is 1.31. The second-order valence-electron chi connectivity index (χ2n) is 7.66. The molecule has 1 aliphatic heterocycles. The molecule has 3 aromatic rings. The predicted octanol–water partition coefficient (Wildman–Crippen LogP) is 3.10. The average molecular weight is 441 g/mol. The molecule has 1 fully saturated rings. The van der Waals surface area contributed by atoms with Gasteiger partial charge in [0, 0.05) is 17.5 Å². The third kappa shape index (κ3) is 3.00. The first kappa shape index (κ1) is 19.2. The summed E-state index contributed by atoms with van der Waals surface area (Å²) in [6.07, 6.45) is 2.31. The van der Waals surface area contributed by atoms with Crippen LogP contribution < -0.4 is 5.32 Å². The molecule has 4 amide bonds. The van der Waals surface area contributed by atoms with Crippen molar-refractivity contribution in [3.05, 3.63) is 51.2 Å². The lowest BCUT2D eigenvalue weighted by molar-refractivity contribution is -0.139. The largest absolute Gasteiger partial charge is 0.337 e. The third-order valence-electron chi connectivity index (χ3n) is 5.77. The molecule has 2 aromatic heterocycles. The van der Waals surface area contributed by atoms with Gasteiger partial charge in [0.05, 0.1) is 16.8 Å². The highest BCUT2D eigenvalue weighted by atomic mass is 32.1. The van der Waals surface area contributed by atoms with Crippen LogP contribution in [0.25, 0.3) is 10.2 Å². The highest BCUT2D eigenvalue weighted by Crippen LogP contribution is 2.42. The second kappa shape index (κ2) is 7.17. The molecule has 154 valence electrons. The lowest BCUT2D eigenvalue weighted by atomic mass is 9.80. The van der Waals surface area contributed by atoms with Crippen molar-refractivity contribution in [3.8, 4) is 0 Å². The third-order valence-corrected chi connectivity index (χ3v) is 7.77. The van der Waals surface area contributed by atoms with Crippen molar-refractivity contribution in [2.45, 2.75) is 31.3 Å². The summed E-state index contributed by atoms with van der Waals surface area (Å²) in [5.74, 6) is -0.621. The normalized spacial score (nSPS) is 20.6. The molecule has 7 nitrogen and oxygen atoms in total. The molecule has 0 saturated carbocycles. The Bertz CT molecular complexity index is 1140. The van der Waals surface area contributed by atoms with Gasteiger partial charge in [-0.2, -0.15) is 0 Å². The minimum absolute atomic E-state index is 0.271. The van der Waals surface area contributed by atoms with E-state index in [1.54, 1.807) is 18.4 Å². The average Bonchev–Trinajstić information content (AvgIpc) is 3.42. The Morgan fingerprint density at radius 1 is 1.30 bits per heavy atom. The van der Waals surface area contributed by atoms with Crippen LogP contribution in [0.1, 0.15) is 28.3 Å². The highest BCUT2D eigenvalue weighted by Gasteiger charge is 2.54. The van der Waals surface area contributed by atoms with E-state index in [2.05, 4.69) is 10.3 Å². The Kier molecular flexibility index (Phi) is 4.59. The zero-order valence-corrected chi connectivity index (χ0v) is 18.0. The molecular formula is C21H20N4O3S2. The van der Waals surface area contributed by atoms with Crippen LogP contribution in [0.15, 0.2) is 35.7 Å². The van der Waals surface area contributed by atoms with Gasteiger partial charge >= 0.3 is 6.03 Å². The zero-order chi connectivity index (χ0) is 20.9. The van der Waals surface area contributed by atoms with E-state index in [9.17, 15) is 14.4 Å². The molecule has 1 N–H and O–H groups in total. The van der Waals surface area contributed by atoms with Gasteiger partial charge in [-0.15, -0.1) is 22.7 Å². The summed E-state index contributed by atoms with van der Waals surface area (Å²) in [7, 11) is 1.67. The number of aryl methyl sites for hydroxylation is 1. The van der Waals surface area contributed by atoms with Crippen molar-refractivity contribution in [1.29, 1.82) is 0 Å². The molecule has 0 radical (unpaired) electrons. The molecule has 1 aromatic carbocycles. The molecule has 3 heterocycles. The number of fused-ring (bicyclic) bond motifs is 3. The number of amides is 4. The Morgan fingerprint density at radius 2 is 2.13 bits per heavy atom. The number of nitrogens with zero attached hydrogens (tertiary/aromatic N) is 3. The monoisotopic (exact) mass is 440 g/mol. The summed E-state index contributed by atoms with van der Waals surface area (Å²) < 4.78 is 1.06. The fourth-order valence-electron chi connectivity index (χ4n) is 4.22. The molecule has 1 aliphatic carbocycles. The molecule has 2 aliphatic rings. The molecule has 30 heavy (non-hydrogen) atoms. The minimum Gasteiger partial charge on any atom is -0.337 e. The van der Waals surface area contributed by atoms with Crippen LogP contribution in [0.4, 0.5) is 4.79 Å². The first-order valence-corrected chi connectivity index (χ1v) is 11.5. The number of carbonyl (C=O) groups excluding carboxylic acids is 3. The number of nitrogens with one attached hydrogen (secondary N) is 1. The second-order valence-corrected chi connectivity index (χ2v) is 9.78. The SMILES string of the molecule is CN(Cc1nc2ccccc2s1)C(=O)CN1C(=O)N[C@@]2(CCCc3sccc32)C1=O. The first-order valence-electron chi connectivity index (χ1n) is 9.77. The number of thiazole rings is 1. The van der Waals surface area contributed by atoms with Gasteiger partial charge in [0.1, 0.15) is 17.1 Å². The maximum atomic E-state index is 13.3. The van der Waals surface area contributed by atoms with Crippen molar-refractivity contribution < 1.29 is 14.4 Å². The number of hydrogen-bond donors (Lipinski definition) is 1. The van der Waals surface area contributed by atoms with Crippen LogP contribution in [-0.4, -0.2) is 46.2 Å². The van der Waals surface area contributed by atoms with E-state index in [4.69, 9.17) is 0 Å². The van der Waals surface area contributed by atoms with Crippen LogP contribution >= 0.6 is 22.7 Å². The fourth-order valence-corrected chi connectivity index (χ4v) is 6.24. The number of likely N-dealkylation sites (N-methyl/N-ethyl adjacent to an activating group) is 1. The summed E-state index contributed by atoms with van der Waals surface area (Å²) >= 11 is 3.14. The smallest absolute Gasteiger partial charge is 0.325 e. The van der Waals surface area contributed by atoms with Crippen molar-refractivity contribution in [3.63, 3.8) is 0 Å². The summed E-state index contributed by atoms with van der Waals surface area (Å²) in [5, 5.41) is 5.66. The summed E-state index contributed by atoms with van der Waals surface area (Å²) in [6.45, 7) is 0.0644. The van der Waals surface area contributed by atoms with Gasteiger partial charge in [-0.25, -0.2) is 9.78 Å². The van der Waals surface area contributed by atoms with Crippen LogP contribution in [0.5, 0.6) is 0 Å². The number of thiophene rings is 1. The lowest BCUT2D eigenvalue weighted by Gasteiger charge is -2.31. The quantitative estimate of drug-likeness (QED) is 0.632. The van der Waals surface area contributed by atoms with Crippen LogP contribution in [0.3, 0.4) is 0 Å². The van der Waals surface area contributed by atoms with Crippen LogP contribution in [0, 0.1) is 0 Å². The van der Waals surface area contributed by atoms with Gasteiger partial charge in [0.15, 0.2) is 0 Å². The van der Waals surface area contributed by atoms with Crippen LogP contribution in [0.2, 0.25) is 0 Å². The van der Waals surface area contributed by atoms with Gasteiger partial charge in [0.2, 0.25) is 5.91 Å². The maximum absolute atomic E-state index is 13.3. The standard InChI is InChI=1S/C21H20N4O3S2/c1-24(11-17-22-14-5-2-3-6-16(14)30-17)18(26)12-25-19(27)21(23-20(25)28)9-4-7-15-13(21)8-10-29-15/h2-3,5-6,8,10H,4,7,9,11-12H2,1H3,(H,23,28)/t21-/m1/s1. The minimum atomic E-state index is -1.02. The molecule has 0 unspecified atom stereocenters. The fraction of sp³-hybridized carbons (Fsp3) is 0.333. The number of hydrogen-bond acceptors (Lipinski definition) is 6. The maximum Gasteiger partial charge on any atom is 0.325 e. The predicted molar refractivity (Wildman–Crippen MR) is 115 cm³/mol. The molecule has 5 rings (SSSR count). The molecule has 1 atom stereocenters. The number of benzene rings is 1. The topological polar surface area (TPSA) is 82.6 Å². The molecule has 1 saturated heterocycles.